The van der Waals surface area contributed by atoms with E-state index in [0.29, 0.717) is 0 Å². The number of hydrogen-bond donors (Lipinski definition) is 1. The highest BCUT2D eigenvalue weighted by Crippen LogP contribution is 2.14. The molecule has 4 rings (SSSR count). The van der Waals surface area contributed by atoms with Crippen molar-refractivity contribution in [1.82, 2.24) is 19.6 Å². The Bertz CT molecular complexity index is 819. The van der Waals surface area contributed by atoms with Crippen molar-refractivity contribution in [2.24, 2.45) is 0 Å². The molecule has 1 saturated heterocycles. The summed E-state index contributed by atoms with van der Waals surface area (Å²) in [7, 11) is 0. The molecule has 0 atom stereocenters. The molecule has 0 unspecified atom stereocenters. The standard InChI is InChI=1S/C19H21FN4/c20-17-3-1-15(2-4-17)11-18-14-24-8-5-16(12-19(24)22-18)13-23-9-6-21-7-10-23/h1-5,8,12,14,21H,6-7,9-11,13H2. The van der Waals surface area contributed by atoms with Gasteiger partial charge in [-0.3, -0.25) is 4.90 Å². The van der Waals surface area contributed by atoms with Gasteiger partial charge >= 0.3 is 0 Å². The number of hydrogen-bond acceptors (Lipinski definition) is 3. The number of benzene rings is 1. The first-order chi connectivity index (χ1) is 11.8. The number of aromatic nitrogens is 2. The van der Waals surface area contributed by atoms with Gasteiger partial charge in [0.1, 0.15) is 11.5 Å². The van der Waals surface area contributed by atoms with E-state index in [-0.39, 0.29) is 5.82 Å². The average Bonchev–Trinajstić information content (AvgIpc) is 2.99. The quantitative estimate of drug-likeness (QED) is 0.800. The smallest absolute Gasteiger partial charge is 0.137 e. The minimum atomic E-state index is -0.202. The van der Waals surface area contributed by atoms with Crippen molar-refractivity contribution in [2.75, 3.05) is 26.2 Å². The van der Waals surface area contributed by atoms with Crippen molar-refractivity contribution in [3.05, 3.63) is 71.4 Å². The molecule has 124 valence electrons. The van der Waals surface area contributed by atoms with Gasteiger partial charge in [0.25, 0.3) is 0 Å². The molecule has 1 N–H and O–H groups in total. The van der Waals surface area contributed by atoms with Gasteiger partial charge in [0.2, 0.25) is 0 Å². The molecular weight excluding hydrogens is 303 g/mol. The van der Waals surface area contributed by atoms with Crippen molar-refractivity contribution < 1.29 is 4.39 Å². The van der Waals surface area contributed by atoms with E-state index in [1.165, 1.54) is 17.7 Å². The van der Waals surface area contributed by atoms with Crippen LogP contribution in [0.4, 0.5) is 4.39 Å². The van der Waals surface area contributed by atoms with Crippen LogP contribution in [0, 0.1) is 5.82 Å². The van der Waals surface area contributed by atoms with Gasteiger partial charge in [0, 0.05) is 51.5 Å². The van der Waals surface area contributed by atoms with Crippen molar-refractivity contribution in [1.29, 1.82) is 0 Å². The summed E-state index contributed by atoms with van der Waals surface area (Å²) in [5, 5.41) is 3.38. The minimum absolute atomic E-state index is 0.202. The normalized spacial score (nSPS) is 15.9. The SMILES string of the molecule is Fc1ccc(Cc2cn3ccc(CN4CCNCC4)cc3n2)cc1. The Labute approximate surface area is 140 Å². The van der Waals surface area contributed by atoms with E-state index in [1.807, 2.05) is 18.3 Å². The molecule has 0 saturated carbocycles. The summed E-state index contributed by atoms with van der Waals surface area (Å²) in [6, 6.07) is 11.0. The molecule has 5 heteroatoms. The van der Waals surface area contributed by atoms with E-state index in [4.69, 9.17) is 4.98 Å². The van der Waals surface area contributed by atoms with E-state index >= 15 is 0 Å². The molecule has 0 bridgehead atoms. The number of nitrogens with zero attached hydrogens (tertiary/aromatic N) is 3. The van der Waals surface area contributed by atoms with Crippen LogP contribution >= 0.6 is 0 Å². The largest absolute Gasteiger partial charge is 0.314 e. The number of piperazine rings is 1. The number of nitrogens with one attached hydrogen (secondary N) is 1. The number of fused-ring (bicyclic) bond motifs is 1. The van der Waals surface area contributed by atoms with E-state index < -0.39 is 0 Å². The third kappa shape index (κ3) is 3.47. The summed E-state index contributed by atoms with van der Waals surface area (Å²) in [5.41, 5.74) is 4.34. The van der Waals surface area contributed by atoms with Gasteiger partial charge in [-0.1, -0.05) is 12.1 Å². The first-order valence-corrected chi connectivity index (χ1v) is 8.40. The van der Waals surface area contributed by atoms with Crippen LogP contribution in [0.5, 0.6) is 0 Å². The third-order valence-electron chi connectivity index (χ3n) is 4.49. The van der Waals surface area contributed by atoms with Crippen LogP contribution in [0.2, 0.25) is 0 Å². The fraction of sp³-hybridized carbons (Fsp3) is 0.316. The lowest BCUT2D eigenvalue weighted by Crippen LogP contribution is -2.42. The van der Waals surface area contributed by atoms with E-state index in [1.54, 1.807) is 0 Å². The van der Waals surface area contributed by atoms with E-state index in [9.17, 15) is 4.39 Å². The molecule has 0 aliphatic carbocycles. The van der Waals surface area contributed by atoms with E-state index in [2.05, 4.69) is 32.9 Å². The molecule has 1 aliphatic rings. The molecule has 3 aromatic rings. The number of rotatable bonds is 4. The molecule has 0 amide bonds. The zero-order chi connectivity index (χ0) is 16.4. The zero-order valence-electron chi connectivity index (χ0n) is 13.6. The van der Waals surface area contributed by atoms with Crippen molar-refractivity contribution in [2.45, 2.75) is 13.0 Å². The predicted molar refractivity (Wildman–Crippen MR) is 92.5 cm³/mol. The van der Waals surface area contributed by atoms with Crippen molar-refractivity contribution in [3.8, 4) is 0 Å². The lowest BCUT2D eigenvalue weighted by molar-refractivity contribution is 0.233. The Kier molecular flexibility index (Phi) is 4.28. The van der Waals surface area contributed by atoms with Gasteiger partial charge in [0.15, 0.2) is 0 Å². The Hall–Kier alpha value is -2.24. The van der Waals surface area contributed by atoms with Gasteiger partial charge in [-0.15, -0.1) is 0 Å². The Morgan fingerprint density at radius 1 is 1.04 bits per heavy atom. The minimum Gasteiger partial charge on any atom is -0.314 e. The first kappa shape index (κ1) is 15.3. The maximum atomic E-state index is 13.0. The van der Waals surface area contributed by atoms with Gasteiger partial charge in [-0.2, -0.15) is 0 Å². The van der Waals surface area contributed by atoms with E-state index in [0.717, 1.165) is 56.0 Å². The number of halogens is 1. The molecular formula is C19H21FN4. The second-order valence-corrected chi connectivity index (χ2v) is 6.36. The van der Waals surface area contributed by atoms with Crippen molar-refractivity contribution >= 4 is 5.65 Å². The second-order valence-electron chi connectivity index (χ2n) is 6.36. The van der Waals surface area contributed by atoms with Gasteiger partial charge in [-0.05, 0) is 35.4 Å². The molecule has 24 heavy (non-hydrogen) atoms. The molecule has 1 fully saturated rings. The molecule has 1 aromatic carbocycles. The van der Waals surface area contributed by atoms with Crippen LogP contribution in [0.3, 0.4) is 0 Å². The lowest BCUT2D eigenvalue weighted by atomic mass is 10.1. The highest BCUT2D eigenvalue weighted by atomic mass is 19.1. The van der Waals surface area contributed by atoms with Crippen LogP contribution in [-0.2, 0) is 13.0 Å². The fourth-order valence-electron chi connectivity index (χ4n) is 3.20. The van der Waals surface area contributed by atoms with Crippen LogP contribution in [-0.4, -0.2) is 40.5 Å². The molecule has 0 radical (unpaired) electrons. The van der Waals surface area contributed by atoms with Crippen LogP contribution in [0.15, 0.2) is 48.8 Å². The molecule has 2 aromatic heterocycles. The van der Waals surface area contributed by atoms with Crippen molar-refractivity contribution in [3.63, 3.8) is 0 Å². The number of imidazole rings is 1. The first-order valence-electron chi connectivity index (χ1n) is 8.40. The topological polar surface area (TPSA) is 32.6 Å². The summed E-state index contributed by atoms with van der Waals surface area (Å²) in [4.78, 5) is 7.19. The van der Waals surface area contributed by atoms with Gasteiger partial charge in [-0.25, -0.2) is 9.37 Å². The Morgan fingerprint density at radius 2 is 1.83 bits per heavy atom. The van der Waals surface area contributed by atoms with Gasteiger partial charge in [0.05, 0.1) is 5.69 Å². The maximum Gasteiger partial charge on any atom is 0.137 e. The van der Waals surface area contributed by atoms with Crippen LogP contribution in [0.1, 0.15) is 16.8 Å². The van der Waals surface area contributed by atoms with Crippen LogP contribution < -0.4 is 5.32 Å². The van der Waals surface area contributed by atoms with Crippen LogP contribution in [0.25, 0.3) is 5.65 Å². The third-order valence-corrected chi connectivity index (χ3v) is 4.49. The van der Waals surface area contributed by atoms with Gasteiger partial charge < -0.3 is 9.72 Å². The zero-order valence-corrected chi connectivity index (χ0v) is 13.6. The highest BCUT2D eigenvalue weighted by molar-refractivity contribution is 5.43. The predicted octanol–water partition coefficient (Wildman–Crippen LogP) is 2.47. The second kappa shape index (κ2) is 6.71. The average molecular weight is 324 g/mol. The lowest BCUT2D eigenvalue weighted by Gasteiger charge is -2.27. The summed E-state index contributed by atoms with van der Waals surface area (Å²) in [6.45, 7) is 5.28. The summed E-state index contributed by atoms with van der Waals surface area (Å²) < 4.78 is 15.1. The monoisotopic (exact) mass is 324 g/mol. The maximum absolute atomic E-state index is 13.0. The summed E-state index contributed by atoms with van der Waals surface area (Å²) in [5.74, 6) is -0.202. The molecule has 1 aliphatic heterocycles. The highest BCUT2D eigenvalue weighted by Gasteiger charge is 2.11. The number of pyridine rings is 1. The molecule has 4 nitrogen and oxygen atoms in total. The Morgan fingerprint density at radius 3 is 2.62 bits per heavy atom. The molecule has 0 spiro atoms. The summed E-state index contributed by atoms with van der Waals surface area (Å²) >= 11 is 0. The fourth-order valence-corrected chi connectivity index (χ4v) is 3.20. The Balaban J connectivity index is 1.51. The molecule has 3 heterocycles. The summed E-state index contributed by atoms with van der Waals surface area (Å²) in [6.07, 6.45) is 4.84.